The molecule has 23 heavy (non-hydrogen) atoms. The highest BCUT2D eigenvalue weighted by Crippen LogP contribution is 2.26. The van der Waals surface area contributed by atoms with Gasteiger partial charge in [-0.25, -0.2) is 4.79 Å². The maximum absolute atomic E-state index is 11.1. The van der Waals surface area contributed by atoms with E-state index in [1.807, 2.05) is 36.4 Å². The number of hydrogen-bond donors (Lipinski definition) is 2. The second-order valence-electron chi connectivity index (χ2n) is 5.83. The van der Waals surface area contributed by atoms with E-state index in [9.17, 15) is 4.79 Å². The molecule has 0 aromatic heterocycles. The van der Waals surface area contributed by atoms with E-state index in [1.54, 1.807) is 0 Å². The molecule has 1 saturated heterocycles. The summed E-state index contributed by atoms with van der Waals surface area (Å²) in [6, 6.07) is 11.2. The summed E-state index contributed by atoms with van der Waals surface area (Å²) in [5, 5.41) is 4.65. The van der Waals surface area contributed by atoms with Gasteiger partial charge in [-0.05, 0) is 43.5 Å². The first-order chi connectivity index (χ1) is 11.2. The molecular weight excluding hydrogens is 286 g/mol. The molecule has 1 heterocycles. The van der Waals surface area contributed by atoms with E-state index < -0.39 is 6.03 Å². The Labute approximate surface area is 136 Å². The van der Waals surface area contributed by atoms with Gasteiger partial charge >= 0.3 is 6.03 Å². The van der Waals surface area contributed by atoms with Crippen LogP contribution in [0.1, 0.15) is 24.8 Å². The summed E-state index contributed by atoms with van der Waals surface area (Å²) >= 11 is 0. The smallest absolute Gasteiger partial charge is 0.316 e. The van der Waals surface area contributed by atoms with E-state index in [0.717, 1.165) is 41.7 Å². The number of carbonyl (C=O) groups excluding carboxylic acids is 1. The number of likely N-dealkylation sites (tertiary alicyclic amines) is 1. The third-order valence-corrected chi connectivity index (χ3v) is 4.16. The van der Waals surface area contributed by atoms with E-state index >= 15 is 0 Å². The van der Waals surface area contributed by atoms with E-state index in [1.165, 1.54) is 19.3 Å². The molecule has 2 aromatic rings. The molecule has 4 heteroatoms. The number of benzene rings is 2. The minimum Gasteiger partial charge on any atom is -0.351 e. The van der Waals surface area contributed by atoms with Crippen LogP contribution in [0.15, 0.2) is 36.4 Å². The molecule has 0 aliphatic carbocycles. The van der Waals surface area contributed by atoms with Gasteiger partial charge in [-0.3, -0.25) is 4.90 Å². The first kappa shape index (κ1) is 15.4. The number of hydrogen-bond acceptors (Lipinski definition) is 2. The number of nitrogens with zero attached hydrogens (tertiary/aromatic N) is 1. The Kier molecular flexibility index (Phi) is 4.80. The molecule has 0 bridgehead atoms. The topological polar surface area (TPSA) is 58.4 Å². The number of nitrogens with two attached hydrogens (primary N) is 1. The van der Waals surface area contributed by atoms with E-state index in [4.69, 9.17) is 5.73 Å². The van der Waals surface area contributed by atoms with Crippen molar-refractivity contribution in [3.05, 3.63) is 42.0 Å². The number of primary amides is 1. The van der Waals surface area contributed by atoms with Gasteiger partial charge < -0.3 is 11.1 Å². The third kappa shape index (κ3) is 3.82. The number of piperidine rings is 1. The summed E-state index contributed by atoms with van der Waals surface area (Å²) in [7, 11) is 0. The van der Waals surface area contributed by atoms with Gasteiger partial charge in [-0.1, -0.05) is 42.5 Å². The van der Waals surface area contributed by atoms with Crippen molar-refractivity contribution in [3.63, 3.8) is 0 Å². The molecule has 0 radical (unpaired) electrons. The van der Waals surface area contributed by atoms with Crippen molar-refractivity contribution in [2.45, 2.75) is 19.3 Å². The van der Waals surface area contributed by atoms with Crippen LogP contribution in [-0.4, -0.2) is 30.6 Å². The Morgan fingerprint density at radius 2 is 1.83 bits per heavy atom. The predicted octanol–water partition coefficient (Wildman–Crippen LogP) is 3.17. The fraction of sp³-hybridized carbons (Fsp3) is 0.316. The van der Waals surface area contributed by atoms with Gasteiger partial charge in [-0.2, -0.15) is 0 Å². The SMILES string of the molecule is NC(=O)Nc1ccc(C#CCN2CCCCC2)c2ccccc12. The lowest BCUT2D eigenvalue weighted by molar-refractivity contribution is 0.255. The zero-order chi connectivity index (χ0) is 16.1. The van der Waals surface area contributed by atoms with Crippen molar-refractivity contribution >= 4 is 22.5 Å². The van der Waals surface area contributed by atoms with Gasteiger partial charge in [0, 0.05) is 10.9 Å². The summed E-state index contributed by atoms with van der Waals surface area (Å²) in [6.45, 7) is 3.11. The molecule has 2 aromatic carbocycles. The summed E-state index contributed by atoms with van der Waals surface area (Å²) in [6.07, 6.45) is 3.89. The lowest BCUT2D eigenvalue weighted by Gasteiger charge is -2.23. The molecule has 0 unspecified atom stereocenters. The monoisotopic (exact) mass is 307 g/mol. The van der Waals surface area contributed by atoms with Crippen LogP contribution in [0.4, 0.5) is 10.5 Å². The van der Waals surface area contributed by atoms with Crippen molar-refractivity contribution in [3.8, 4) is 11.8 Å². The number of carbonyl (C=O) groups is 1. The summed E-state index contributed by atoms with van der Waals surface area (Å²) in [5.74, 6) is 6.57. The van der Waals surface area contributed by atoms with Crippen LogP contribution in [-0.2, 0) is 0 Å². The third-order valence-electron chi connectivity index (χ3n) is 4.16. The number of rotatable bonds is 2. The second kappa shape index (κ2) is 7.17. The van der Waals surface area contributed by atoms with Gasteiger partial charge in [0.05, 0.1) is 12.2 Å². The summed E-state index contributed by atoms with van der Waals surface area (Å²) < 4.78 is 0. The van der Waals surface area contributed by atoms with Crippen LogP contribution in [0.5, 0.6) is 0 Å². The number of fused-ring (bicyclic) bond motifs is 1. The fourth-order valence-electron chi connectivity index (χ4n) is 3.01. The molecule has 4 nitrogen and oxygen atoms in total. The zero-order valence-corrected chi connectivity index (χ0v) is 13.1. The fourth-order valence-corrected chi connectivity index (χ4v) is 3.01. The minimum atomic E-state index is -0.556. The Bertz CT molecular complexity index is 767. The Balaban J connectivity index is 1.85. The van der Waals surface area contributed by atoms with Crippen LogP contribution < -0.4 is 11.1 Å². The summed E-state index contributed by atoms with van der Waals surface area (Å²) in [4.78, 5) is 13.5. The molecule has 1 aliphatic rings. The van der Waals surface area contributed by atoms with Crippen molar-refractivity contribution < 1.29 is 4.79 Å². The van der Waals surface area contributed by atoms with Crippen LogP contribution in [0, 0.1) is 11.8 Å². The summed E-state index contributed by atoms with van der Waals surface area (Å²) in [5.41, 5.74) is 6.93. The molecule has 3 rings (SSSR count). The molecule has 0 spiro atoms. The molecule has 0 saturated carbocycles. The second-order valence-corrected chi connectivity index (χ2v) is 5.83. The van der Waals surface area contributed by atoms with Gasteiger partial charge in [0.15, 0.2) is 0 Å². The largest absolute Gasteiger partial charge is 0.351 e. The van der Waals surface area contributed by atoms with Crippen molar-refractivity contribution in [2.24, 2.45) is 5.73 Å². The van der Waals surface area contributed by atoms with Crippen molar-refractivity contribution in [1.82, 2.24) is 4.90 Å². The van der Waals surface area contributed by atoms with Gasteiger partial charge in [0.1, 0.15) is 0 Å². The Morgan fingerprint density at radius 3 is 2.57 bits per heavy atom. The van der Waals surface area contributed by atoms with E-state index in [0.29, 0.717) is 0 Å². The maximum atomic E-state index is 11.1. The molecule has 1 fully saturated rings. The highest BCUT2D eigenvalue weighted by molar-refractivity contribution is 6.03. The van der Waals surface area contributed by atoms with Crippen LogP contribution >= 0.6 is 0 Å². The van der Waals surface area contributed by atoms with Gasteiger partial charge in [0.25, 0.3) is 0 Å². The van der Waals surface area contributed by atoms with Crippen molar-refractivity contribution in [2.75, 3.05) is 25.0 Å². The average Bonchev–Trinajstić information content (AvgIpc) is 2.57. The predicted molar refractivity (Wildman–Crippen MR) is 94.3 cm³/mol. The number of amides is 2. The molecular formula is C19H21N3O. The molecule has 3 N–H and O–H groups in total. The lowest BCUT2D eigenvalue weighted by Crippen LogP contribution is -2.29. The first-order valence-electron chi connectivity index (χ1n) is 8.03. The standard InChI is InChI=1S/C19H21N3O/c20-19(23)21-18-11-10-15(16-8-2-3-9-17(16)18)7-6-14-22-12-4-1-5-13-22/h2-3,8-11H,1,4-5,12-14H2,(H3,20,21,23). The van der Waals surface area contributed by atoms with Crippen LogP contribution in [0.25, 0.3) is 10.8 Å². The van der Waals surface area contributed by atoms with Crippen molar-refractivity contribution in [1.29, 1.82) is 0 Å². The average molecular weight is 307 g/mol. The molecule has 118 valence electrons. The number of urea groups is 1. The van der Waals surface area contributed by atoms with Crippen LogP contribution in [0.3, 0.4) is 0 Å². The number of anilines is 1. The normalized spacial score (nSPS) is 15.0. The van der Waals surface area contributed by atoms with Gasteiger partial charge in [-0.15, -0.1) is 0 Å². The molecule has 0 atom stereocenters. The minimum absolute atomic E-state index is 0.556. The van der Waals surface area contributed by atoms with E-state index in [2.05, 4.69) is 22.1 Å². The lowest BCUT2D eigenvalue weighted by atomic mass is 10.0. The van der Waals surface area contributed by atoms with Gasteiger partial charge in [0.2, 0.25) is 0 Å². The quantitative estimate of drug-likeness (QED) is 0.837. The maximum Gasteiger partial charge on any atom is 0.316 e. The zero-order valence-electron chi connectivity index (χ0n) is 13.1. The van der Waals surface area contributed by atoms with Crippen LogP contribution in [0.2, 0.25) is 0 Å². The highest BCUT2D eigenvalue weighted by atomic mass is 16.2. The molecule has 2 amide bonds. The Hall–Kier alpha value is -2.51. The van der Waals surface area contributed by atoms with E-state index in [-0.39, 0.29) is 0 Å². The first-order valence-corrected chi connectivity index (χ1v) is 8.03. The Morgan fingerprint density at radius 1 is 1.09 bits per heavy atom. The molecule has 1 aliphatic heterocycles. The number of nitrogens with one attached hydrogen (secondary N) is 1. The highest BCUT2D eigenvalue weighted by Gasteiger charge is 2.08.